The molecule has 0 N–H and O–H groups in total. The molecular formula is C26H20N2. The van der Waals surface area contributed by atoms with Crippen molar-refractivity contribution in [1.29, 1.82) is 0 Å². The fraction of sp³-hybridized carbons (Fsp3) is 0.115. The molecule has 2 nitrogen and oxygen atoms in total. The van der Waals surface area contributed by atoms with E-state index in [1.165, 1.54) is 51.3 Å². The highest BCUT2D eigenvalue weighted by Crippen LogP contribution is 2.31. The highest BCUT2D eigenvalue weighted by atomic mass is 15.0. The van der Waals surface area contributed by atoms with Crippen molar-refractivity contribution < 1.29 is 0 Å². The molecular weight excluding hydrogens is 340 g/mol. The first-order valence-corrected chi connectivity index (χ1v) is 9.91. The topological polar surface area (TPSA) is 17.8 Å². The molecule has 3 aromatic carbocycles. The Labute approximate surface area is 164 Å². The molecule has 0 fully saturated rings. The molecule has 2 heteroatoms. The first kappa shape index (κ1) is 15.6. The third kappa shape index (κ3) is 2.38. The summed E-state index contributed by atoms with van der Waals surface area (Å²) in [7, 11) is 0. The molecule has 2 aromatic heterocycles. The van der Waals surface area contributed by atoms with Gasteiger partial charge >= 0.3 is 0 Å². The van der Waals surface area contributed by atoms with Gasteiger partial charge in [-0.2, -0.15) is 0 Å². The van der Waals surface area contributed by atoms with E-state index in [-0.39, 0.29) is 0 Å². The lowest BCUT2D eigenvalue weighted by atomic mass is 9.86. The Hall–Kier alpha value is -3.39. The van der Waals surface area contributed by atoms with Crippen molar-refractivity contribution in [2.24, 2.45) is 0 Å². The van der Waals surface area contributed by atoms with Gasteiger partial charge < -0.3 is 4.57 Å². The zero-order chi connectivity index (χ0) is 18.5. The van der Waals surface area contributed by atoms with Crippen LogP contribution in [-0.2, 0) is 19.3 Å². The van der Waals surface area contributed by atoms with Crippen LogP contribution in [-0.4, -0.2) is 9.55 Å². The molecule has 0 aliphatic heterocycles. The van der Waals surface area contributed by atoms with E-state index in [1.54, 1.807) is 0 Å². The minimum atomic E-state index is 0.890. The summed E-state index contributed by atoms with van der Waals surface area (Å²) in [6, 6.07) is 28.4. The normalized spacial score (nSPS) is 12.9. The predicted octanol–water partition coefficient (Wildman–Crippen LogP) is 5.87. The number of aromatic nitrogens is 2. The molecule has 6 rings (SSSR count). The average molecular weight is 360 g/mol. The number of hydrogen-bond acceptors (Lipinski definition) is 1. The summed E-state index contributed by atoms with van der Waals surface area (Å²) in [5, 5.41) is 2.56. The summed E-state index contributed by atoms with van der Waals surface area (Å²) in [6.07, 6.45) is 5.36. The van der Waals surface area contributed by atoms with E-state index < -0.39 is 0 Å². The molecule has 134 valence electrons. The maximum atomic E-state index is 4.79. The molecule has 0 amide bonds. The standard InChI is InChI=1S/C26H20N2/c1-3-7-25-23(5-1)24-6-2-4-8-26(24)28(25)22-14-13-21(27-17-22)16-18-9-10-19-11-12-20(19)15-18/h1-10,13-15,17H,11-12,16H2. The first-order valence-electron chi connectivity index (χ1n) is 9.91. The number of para-hydroxylation sites is 2. The second-order valence-electron chi connectivity index (χ2n) is 7.66. The molecule has 5 aromatic rings. The van der Waals surface area contributed by atoms with Gasteiger partial charge in [-0.15, -0.1) is 0 Å². The number of hydrogen-bond donors (Lipinski definition) is 0. The summed E-state index contributed by atoms with van der Waals surface area (Å²) in [4.78, 5) is 4.79. The summed E-state index contributed by atoms with van der Waals surface area (Å²) >= 11 is 0. The lowest BCUT2D eigenvalue weighted by Gasteiger charge is -2.19. The van der Waals surface area contributed by atoms with Crippen molar-refractivity contribution in [2.45, 2.75) is 19.3 Å². The number of benzene rings is 3. The minimum absolute atomic E-state index is 0.890. The number of pyridine rings is 1. The Bertz CT molecular complexity index is 1270. The zero-order valence-corrected chi connectivity index (χ0v) is 15.6. The fourth-order valence-electron chi connectivity index (χ4n) is 4.42. The highest BCUT2D eigenvalue weighted by molar-refractivity contribution is 6.09. The fourth-order valence-corrected chi connectivity index (χ4v) is 4.42. The monoisotopic (exact) mass is 360 g/mol. The van der Waals surface area contributed by atoms with Gasteiger partial charge in [-0.25, -0.2) is 0 Å². The van der Waals surface area contributed by atoms with E-state index >= 15 is 0 Å². The third-order valence-electron chi connectivity index (χ3n) is 5.97. The van der Waals surface area contributed by atoms with Crippen molar-refractivity contribution in [1.82, 2.24) is 9.55 Å². The summed E-state index contributed by atoms with van der Waals surface area (Å²) in [6.45, 7) is 0. The molecule has 0 saturated carbocycles. The number of fused-ring (bicyclic) bond motifs is 4. The van der Waals surface area contributed by atoms with Crippen molar-refractivity contribution in [3.8, 4) is 5.69 Å². The Morgan fingerprint density at radius 1 is 0.714 bits per heavy atom. The van der Waals surface area contributed by atoms with E-state index in [9.17, 15) is 0 Å². The van der Waals surface area contributed by atoms with Crippen LogP contribution in [0.5, 0.6) is 0 Å². The Morgan fingerprint density at radius 3 is 2.04 bits per heavy atom. The van der Waals surface area contributed by atoms with E-state index in [4.69, 9.17) is 4.98 Å². The van der Waals surface area contributed by atoms with Crippen molar-refractivity contribution in [3.05, 3.63) is 107 Å². The molecule has 0 saturated heterocycles. The maximum Gasteiger partial charge on any atom is 0.0645 e. The van der Waals surface area contributed by atoms with Crippen molar-refractivity contribution in [2.75, 3.05) is 0 Å². The van der Waals surface area contributed by atoms with Crippen molar-refractivity contribution in [3.63, 3.8) is 0 Å². The molecule has 0 unspecified atom stereocenters. The number of nitrogens with zero attached hydrogens (tertiary/aromatic N) is 2. The van der Waals surface area contributed by atoms with Crippen LogP contribution in [0.25, 0.3) is 27.5 Å². The molecule has 1 aliphatic rings. The van der Waals surface area contributed by atoms with Crippen LogP contribution >= 0.6 is 0 Å². The minimum Gasteiger partial charge on any atom is -0.308 e. The molecule has 28 heavy (non-hydrogen) atoms. The molecule has 1 aliphatic carbocycles. The van der Waals surface area contributed by atoms with Gasteiger partial charge in [0.15, 0.2) is 0 Å². The van der Waals surface area contributed by atoms with E-state index in [1.807, 2.05) is 6.20 Å². The zero-order valence-electron chi connectivity index (χ0n) is 15.6. The van der Waals surface area contributed by atoms with Crippen LogP contribution in [0.4, 0.5) is 0 Å². The molecule has 0 radical (unpaired) electrons. The first-order chi connectivity index (χ1) is 13.9. The third-order valence-corrected chi connectivity index (χ3v) is 5.97. The number of aryl methyl sites for hydroxylation is 2. The van der Waals surface area contributed by atoms with Gasteiger partial charge in [-0.1, -0.05) is 54.6 Å². The SMILES string of the molecule is c1ccc2c(c1)c1ccccc1n2-c1ccc(Cc2ccc3c(c2)CC3)nc1. The van der Waals surface area contributed by atoms with Gasteiger partial charge in [0.25, 0.3) is 0 Å². The molecule has 0 atom stereocenters. The average Bonchev–Trinajstić information content (AvgIpc) is 3.05. The van der Waals surface area contributed by atoms with E-state index in [0.29, 0.717) is 0 Å². The Kier molecular flexibility index (Phi) is 3.39. The van der Waals surface area contributed by atoms with E-state index in [0.717, 1.165) is 17.8 Å². The van der Waals surface area contributed by atoms with E-state index in [2.05, 4.69) is 83.4 Å². The van der Waals surface area contributed by atoms with Crippen LogP contribution in [0.3, 0.4) is 0 Å². The Morgan fingerprint density at radius 2 is 1.43 bits per heavy atom. The maximum absolute atomic E-state index is 4.79. The van der Waals surface area contributed by atoms with Crippen LogP contribution in [0.15, 0.2) is 85.1 Å². The summed E-state index contributed by atoms with van der Waals surface area (Å²) < 4.78 is 2.31. The van der Waals surface area contributed by atoms with Crippen LogP contribution < -0.4 is 0 Å². The van der Waals surface area contributed by atoms with Gasteiger partial charge in [-0.05, 0) is 53.8 Å². The molecule has 0 spiro atoms. The van der Waals surface area contributed by atoms with Gasteiger partial charge in [0.1, 0.15) is 0 Å². The van der Waals surface area contributed by atoms with Crippen LogP contribution in [0.1, 0.15) is 22.4 Å². The second-order valence-corrected chi connectivity index (χ2v) is 7.66. The summed E-state index contributed by atoms with van der Waals surface area (Å²) in [5.41, 5.74) is 9.05. The lowest BCUT2D eigenvalue weighted by molar-refractivity contribution is 0.833. The van der Waals surface area contributed by atoms with Gasteiger partial charge in [0.2, 0.25) is 0 Å². The van der Waals surface area contributed by atoms with Crippen LogP contribution in [0, 0.1) is 0 Å². The molecule has 0 bridgehead atoms. The largest absolute Gasteiger partial charge is 0.308 e. The summed E-state index contributed by atoms with van der Waals surface area (Å²) in [5.74, 6) is 0. The number of rotatable bonds is 3. The molecule has 2 heterocycles. The van der Waals surface area contributed by atoms with Gasteiger partial charge in [0, 0.05) is 22.9 Å². The van der Waals surface area contributed by atoms with Gasteiger partial charge in [-0.3, -0.25) is 4.98 Å². The smallest absolute Gasteiger partial charge is 0.0645 e. The van der Waals surface area contributed by atoms with Gasteiger partial charge in [0.05, 0.1) is 22.9 Å². The highest BCUT2D eigenvalue weighted by Gasteiger charge is 2.14. The quantitative estimate of drug-likeness (QED) is 0.393. The predicted molar refractivity (Wildman–Crippen MR) is 115 cm³/mol. The lowest BCUT2D eigenvalue weighted by Crippen LogP contribution is -2.08. The van der Waals surface area contributed by atoms with Crippen LogP contribution in [0.2, 0.25) is 0 Å². The van der Waals surface area contributed by atoms with Crippen molar-refractivity contribution >= 4 is 21.8 Å². The Balaban J connectivity index is 1.41. The second kappa shape index (κ2) is 6.07.